The molecular weight excluding hydrogens is 256 g/mol. The van der Waals surface area contributed by atoms with Gasteiger partial charge in [-0.25, -0.2) is 9.97 Å². The Bertz CT molecular complexity index is 521. The smallest absolute Gasteiger partial charge is 0.231 e. The SMILES string of the molecule is Cc1cc(Cl)nc(NC(=O)CCn2ccnn2)n1. The minimum absolute atomic E-state index is 0.202. The summed E-state index contributed by atoms with van der Waals surface area (Å²) in [6.07, 6.45) is 3.51. The van der Waals surface area contributed by atoms with E-state index in [9.17, 15) is 4.79 Å². The van der Waals surface area contributed by atoms with E-state index in [1.165, 1.54) is 0 Å². The van der Waals surface area contributed by atoms with Crippen LogP contribution in [0.15, 0.2) is 18.5 Å². The number of anilines is 1. The van der Waals surface area contributed by atoms with Crippen LogP contribution in [0.4, 0.5) is 5.95 Å². The second-order valence-electron chi connectivity index (χ2n) is 3.62. The molecule has 7 nitrogen and oxygen atoms in total. The second kappa shape index (κ2) is 5.54. The Labute approximate surface area is 108 Å². The second-order valence-corrected chi connectivity index (χ2v) is 4.01. The van der Waals surface area contributed by atoms with Gasteiger partial charge in [-0.3, -0.25) is 14.8 Å². The van der Waals surface area contributed by atoms with Gasteiger partial charge in [0.25, 0.3) is 0 Å². The molecule has 18 heavy (non-hydrogen) atoms. The predicted octanol–water partition coefficient (Wildman–Crippen LogP) is 1.06. The summed E-state index contributed by atoms with van der Waals surface area (Å²) in [6.45, 7) is 2.23. The third-order valence-electron chi connectivity index (χ3n) is 2.11. The number of hydrogen-bond donors (Lipinski definition) is 1. The number of nitrogens with zero attached hydrogens (tertiary/aromatic N) is 5. The average Bonchev–Trinajstić information content (AvgIpc) is 2.77. The Morgan fingerprint density at radius 1 is 1.50 bits per heavy atom. The van der Waals surface area contributed by atoms with Crippen molar-refractivity contribution in [2.45, 2.75) is 19.9 Å². The van der Waals surface area contributed by atoms with E-state index in [-0.39, 0.29) is 18.3 Å². The van der Waals surface area contributed by atoms with Crippen molar-refractivity contribution in [1.82, 2.24) is 25.0 Å². The van der Waals surface area contributed by atoms with Crippen molar-refractivity contribution in [1.29, 1.82) is 0 Å². The third kappa shape index (κ3) is 3.49. The fourth-order valence-electron chi connectivity index (χ4n) is 1.34. The molecule has 1 amide bonds. The van der Waals surface area contributed by atoms with Crippen molar-refractivity contribution >= 4 is 23.5 Å². The van der Waals surface area contributed by atoms with Gasteiger partial charge in [-0.1, -0.05) is 16.8 Å². The Kier molecular flexibility index (Phi) is 3.83. The maximum absolute atomic E-state index is 11.6. The highest BCUT2D eigenvalue weighted by atomic mass is 35.5. The van der Waals surface area contributed by atoms with Gasteiger partial charge in [0.15, 0.2) is 0 Å². The van der Waals surface area contributed by atoms with E-state index in [4.69, 9.17) is 11.6 Å². The summed E-state index contributed by atoms with van der Waals surface area (Å²) < 4.78 is 1.57. The van der Waals surface area contributed by atoms with Crippen LogP contribution in [0.2, 0.25) is 5.15 Å². The first-order valence-corrected chi connectivity index (χ1v) is 5.66. The number of halogens is 1. The number of aromatic nitrogens is 5. The van der Waals surface area contributed by atoms with Crippen molar-refractivity contribution < 1.29 is 4.79 Å². The van der Waals surface area contributed by atoms with Crippen molar-refractivity contribution in [3.05, 3.63) is 29.3 Å². The summed E-state index contributed by atoms with van der Waals surface area (Å²) in [5.74, 6) is 0.00996. The summed E-state index contributed by atoms with van der Waals surface area (Å²) in [5.41, 5.74) is 0.696. The number of aryl methyl sites for hydroxylation is 2. The van der Waals surface area contributed by atoms with Crippen LogP contribution in [-0.4, -0.2) is 30.9 Å². The molecular formula is C10H11ClN6O. The van der Waals surface area contributed by atoms with Crippen LogP contribution >= 0.6 is 11.6 Å². The summed E-state index contributed by atoms with van der Waals surface area (Å²) in [5, 5.41) is 10.3. The topological polar surface area (TPSA) is 85.6 Å². The Hall–Kier alpha value is -2.02. The van der Waals surface area contributed by atoms with Crippen LogP contribution in [0.3, 0.4) is 0 Å². The van der Waals surface area contributed by atoms with Crippen LogP contribution < -0.4 is 5.32 Å². The van der Waals surface area contributed by atoms with Gasteiger partial charge in [0.05, 0.1) is 12.7 Å². The van der Waals surface area contributed by atoms with Crippen molar-refractivity contribution in [2.24, 2.45) is 0 Å². The standard InChI is InChI=1S/C10H11ClN6O/c1-7-6-8(11)14-10(13-7)15-9(18)2-4-17-5-3-12-16-17/h3,5-6H,2,4H2,1H3,(H,13,14,15,18). The van der Waals surface area contributed by atoms with Gasteiger partial charge in [-0.2, -0.15) is 0 Å². The van der Waals surface area contributed by atoms with E-state index in [0.29, 0.717) is 17.4 Å². The quantitative estimate of drug-likeness (QED) is 0.836. The monoisotopic (exact) mass is 266 g/mol. The van der Waals surface area contributed by atoms with Gasteiger partial charge >= 0.3 is 0 Å². The molecule has 0 saturated heterocycles. The van der Waals surface area contributed by atoms with E-state index in [1.807, 2.05) is 0 Å². The van der Waals surface area contributed by atoms with Gasteiger partial charge in [0.1, 0.15) is 5.15 Å². The summed E-state index contributed by atoms with van der Waals surface area (Å²) >= 11 is 5.77. The highest BCUT2D eigenvalue weighted by Crippen LogP contribution is 2.09. The zero-order chi connectivity index (χ0) is 13.0. The summed E-state index contributed by atoms with van der Waals surface area (Å²) in [7, 11) is 0. The molecule has 0 spiro atoms. The molecule has 1 N–H and O–H groups in total. The van der Waals surface area contributed by atoms with Gasteiger partial charge in [0.2, 0.25) is 11.9 Å². The molecule has 0 aliphatic rings. The van der Waals surface area contributed by atoms with Gasteiger partial charge < -0.3 is 0 Å². The van der Waals surface area contributed by atoms with Crippen LogP contribution in [-0.2, 0) is 11.3 Å². The van der Waals surface area contributed by atoms with Gasteiger partial charge in [-0.05, 0) is 13.0 Å². The van der Waals surface area contributed by atoms with Crippen LogP contribution in [0.1, 0.15) is 12.1 Å². The first-order valence-electron chi connectivity index (χ1n) is 5.28. The maximum atomic E-state index is 11.6. The lowest BCUT2D eigenvalue weighted by molar-refractivity contribution is -0.116. The first kappa shape index (κ1) is 12.4. The molecule has 2 aromatic heterocycles. The predicted molar refractivity (Wildman–Crippen MR) is 65.0 cm³/mol. The largest absolute Gasteiger partial charge is 0.294 e. The van der Waals surface area contributed by atoms with Crippen LogP contribution in [0.5, 0.6) is 0 Å². The zero-order valence-corrected chi connectivity index (χ0v) is 10.4. The number of carbonyl (C=O) groups excluding carboxylic acids is 1. The Morgan fingerprint density at radius 3 is 3.00 bits per heavy atom. The Morgan fingerprint density at radius 2 is 2.33 bits per heavy atom. The molecule has 0 radical (unpaired) electrons. The lowest BCUT2D eigenvalue weighted by Gasteiger charge is -2.04. The highest BCUT2D eigenvalue weighted by molar-refractivity contribution is 6.29. The van der Waals surface area contributed by atoms with Crippen molar-refractivity contribution in [3.63, 3.8) is 0 Å². The minimum Gasteiger partial charge on any atom is -0.294 e. The zero-order valence-electron chi connectivity index (χ0n) is 9.67. The molecule has 8 heteroatoms. The fourth-order valence-corrected chi connectivity index (χ4v) is 1.58. The molecule has 0 fully saturated rings. The van der Waals surface area contributed by atoms with E-state index < -0.39 is 0 Å². The summed E-state index contributed by atoms with van der Waals surface area (Å²) in [4.78, 5) is 19.6. The lowest BCUT2D eigenvalue weighted by Crippen LogP contribution is -2.16. The van der Waals surface area contributed by atoms with Crippen LogP contribution in [0.25, 0.3) is 0 Å². The molecule has 0 unspecified atom stereocenters. The molecule has 2 aromatic rings. The van der Waals surface area contributed by atoms with Gasteiger partial charge in [-0.15, -0.1) is 5.10 Å². The van der Waals surface area contributed by atoms with E-state index in [2.05, 4.69) is 25.6 Å². The number of carbonyl (C=O) groups is 1. The molecule has 0 saturated carbocycles. The number of rotatable bonds is 4. The molecule has 0 bridgehead atoms. The first-order chi connectivity index (χ1) is 8.63. The number of nitrogens with one attached hydrogen (secondary N) is 1. The van der Waals surface area contributed by atoms with Crippen molar-refractivity contribution in [3.8, 4) is 0 Å². The maximum Gasteiger partial charge on any atom is 0.231 e. The number of hydrogen-bond acceptors (Lipinski definition) is 5. The normalized spacial score (nSPS) is 10.3. The highest BCUT2D eigenvalue weighted by Gasteiger charge is 2.06. The van der Waals surface area contributed by atoms with E-state index in [1.54, 1.807) is 30.1 Å². The summed E-state index contributed by atoms with van der Waals surface area (Å²) in [6, 6.07) is 1.62. The van der Waals surface area contributed by atoms with Gasteiger partial charge in [0, 0.05) is 18.3 Å². The molecule has 0 aliphatic carbocycles. The average molecular weight is 267 g/mol. The van der Waals surface area contributed by atoms with Crippen molar-refractivity contribution in [2.75, 3.05) is 5.32 Å². The number of amides is 1. The molecule has 2 rings (SSSR count). The molecule has 94 valence electrons. The van der Waals surface area contributed by atoms with E-state index >= 15 is 0 Å². The minimum atomic E-state index is -0.202. The fraction of sp³-hybridized carbons (Fsp3) is 0.300. The molecule has 0 atom stereocenters. The third-order valence-corrected chi connectivity index (χ3v) is 2.31. The molecule has 0 aromatic carbocycles. The molecule has 0 aliphatic heterocycles. The van der Waals surface area contributed by atoms with Crippen LogP contribution in [0, 0.1) is 6.92 Å². The van der Waals surface area contributed by atoms with E-state index in [0.717, 1.165) is 0 Å². The lowest BCUT2D eigenvalue weighted by atomic mass is 10.4. The molecule has 2 heterocycles. The Balaban J connectivity index is 1.90.